The van der Waals surface area contributed by atoms with Gasteiger partial charge in [-0.3, -0.25) is 4.79 Å². The summed E-state index contributed by atoms with van der Waals surface area (Å²) in [5.74, 6) is -0.716. The molecule has 8 N–H and O–H groups in total. The minimum atomic E-state index is -1.67. The molecule has 0 radical (unpaired) electrons. The van der Waals surface area contributed by atoms with Crippen molar-refractivity contribution in [3.63, 3.8) is 0 Å². The van der Waals surface area contributed by atoms with E-state index in [-0.39, 0.29) is 12.8 Å². The molecule has 0 aliphatic carbocycles. The summed E-state index contributed by atoms with van der Waals surface area (Å²) in [5.41, 5.74) is 0. The number of hydrogen-bond donors (Lipinski definition) is 8. The second kappa shape index (κ2) is 39.9. The van der Waals surface area contributed by atoms with Gasteiger partial charge in [0.05, 0.1) is 25.4 Å². The first-order chi connectivity index (χ1) is 29.7. The Balaban J connectivity index is 2.39. The molecule has 358 valence electrons. The fourth-order valence-corrected chi connectivity index (χ4v) is 7.74. The van der Waals surface area contributed by atoms with Gasteiger partial charge in [-0.15, -0.1) is 0 Å². The zero-order valence-electron chi connectivity index (χ0n) is 38.6. The molecule has 0 saturated carbocycles. The van der Waals surface area contributed by atoms with Crippen LogP contribution in [0.15, 0.2) is 36.5 Å². The second-order valence-corrected chi connectivity index (χ2v) is 17.5. The Kier molecular flexibility index (Phi) is 37.5. The van der Waals surface area contributed by atoms with Crippen LogP contribution in [0.25, 0.3) is 0 Å². The summed E-state index contributed by atoms with van der Waals surface area (Å²) in [6.45, 7) is 3.38. The van der Waals surface area contributed by atoms with E-state index in [1.54, 1.807) is 0 Å². The maximum atomic E-state index is 13.1. The molecule has 9 atom stereocenters. The van der Waals surface area contributed by atoms with Gasteiger partial charge in [-0.2, -0.15) is 0 Å². The van der Waals surface area contributed by atoms with Gasteiger partial charge in [-0.05, 0) is 77.0 Å². The van der Waals surface area contributed by atoms with Crippen molar-refractivity contribution in [2.75, 3.05) is 13.2 Å². The minimum absolute atomic E-state index is 0.244. The Hall–Kier alpha value is -1.67. The van der Waals surface area contributed by atoms with Gasteiger partial charge in [0.25, 0.3) is 0 Å². The topological polar surface area (TPSA) is 189 Å². The van der Waals surface area contributed by atoms with Gasteiger partial charge in [0.15, 0.2) is 6.29 Å². The van der Waals surface area contributed by atoms with Gasteiger partial charge in [0.2, 0.25) is 5.91 Å². The molecule has 11 heteroatoms. The molecular weight excluding hydrogens is 775 g/mol. The van der Waals surface area contributed by atoms with Crippen molar-refractivity contribution in [2.24, 2.45) is 0 Å². The Bertz CT molecular complexity index is 1090. The number of ether oxygens (including phenoxy) is 2. The molecule has 61 heavy (non-hydrogen) atoms. The van der Waals surface area contributed by atoms with Crippen molar-refractivity contribution in [3.8, 4) is 0 Å². The number of carbonyl (C=O) groups excluding carboxylic acids is 1. The van der Waals surface area contributed by atoms with E-state index < -0.39 is 74.2 Å². The highest BCUT2D eigenvalue weighted by molar-refractivity contribution is 5.80. The van der Waals surface area contributed by atoms with Gasteiger partial charge in [-0.25, -0.2) is 0 Å². The molecule has 0 aromatic heterocycles. The zero-order chi connectivity index (χ0) is 44.8. The first-order valence-electron chi connectivity index (χ1n) is 24.9. The van der Waals surface area contributed by atoms with E-state index >= 15 is 0 Å². The normalized spacial score (nSPS) is 21.8. The van der Waals surface area contributed by atoms with Crippen LogP contribution >= 0.6 is 0 Å². The number of nitrogens with one attached hydrogen (secondary N) is 1. The number of hydrogen-bond acceptors (Lipinski definition) is 10. The summed E-state index contributed by atoms with van der Waals surface area (Å²) in [5, 5.41) is 75.6. The van der Waals surface area contributed by atoms with Gasteiger partial charge in [0, 0.05) is 0 Å². The summed E-state index contributed by atoms with van der Waals surface area (Å²) in [4.78, 5) is 13.1. The maximum Gasteiger partial charge on any atom is 0.249 e. The Morgan fingerprint density at radius 1 is 0.557 bits per heavy atom. The quantitative estimate of drug-likeness (QED) is 0.0218. The van der Waals surface area contributed by atoms with Crippen molar-refractivity contribution in [1.82, 2.24) is 5.32 Å². The molecule has 0 aromatic carbocycles. The third kappa shape index (κ3) is 29.4. The van der Waals surface area contributed by atoms with Gasteiger partial charge in [-0.1, -0.05) is 166 Å². The van der Waals surface area contributed by atoms with Gasteiger partial charge >= 0.3 is 0 Å². The van der Waals surface area contributed by atoms with E-state index in [1.807, 2.05) is 0 Å². The van der Waals surface area contributed by atoms with Crippen molar-refractivity contribution in [2.45, 2.75) is 262 Å². The number of carbonyl (C=O) groups is 1. The molecule has 0 bridgehead atoms. The SMILES string of the molecule is CCCCC/C=C/CC/C=C/CCCC(O)C(O)C(COC1OC(CO)C(O)C(O)C1O)NC(=O)C(O)CCCCCCCC/C=C\CCCCCCCCCCCCCC. The number of aliphatic hydroxyl groups is 7. The fraction of sp³-hybridized carbons (Fsp3) is 0.860. The zero-order valence-corrected chi connectivity index (χ0v) is 38.6. The van der Waals surface area contributed by atoms with Crippen LogP contribution in [0.1, 0.15) is 206 Å². The second-order valence-electron chi connectivity index (χ2n) is 17.5. The molecule has 0 aromatic rings. The van der Waals surface area contributed by atoms with Crippen molar-refractivity contribution in [3.05, 3.63) is 36.5 Å². The monoisotopic (exact) mass is 868 g/mol. The first-order valence-corrected chi connectivity index (χ1v) is 24.9. The molecule has 9 unspecified atom stereocenters. The largest absolute Gasteiger partial charge is 0.394 e. The Morgan fingerprint density at radius 3 is 1.49 bits per heavy atom. The lowest BCUT2D eigenvalue weighted by Crippen LogP contribution is -2.60. The number of aliphatic hydroxyl groups excluding tert-OH is 7. The molecule has 1 saturated heterocycles. The highest BCUT2D eigenvalue weighted by Gasteiger charge is 2.44. The van der Waals surface area contributed by atoms with Crippen LogP contribution in [0.2, 0.25) is 0 Å². The van der Waals surface area contributed by atoms with E-state index in [0.717, 1.165) is 57.8 Å². The minimum Gasteiger partial charge on any atom is -0.394 e. The third-order valence-corrected chi connectivity index (χ3v) is 11.9. The smallest absolute Gasteiger partial charge is 0.249 e. The van der Waals surface area contributed by atoms with Crippen LogP contribution in [0.3, 0.4) is 0 Å². The molecule has 0 spiro atoms. The van der Waals surface area contributed by atoms with E-state index in [0.29, 0.717) is 19.3 Å². The molecule has 1 aliphatic rings. The summed E-state index contributed by atoms with van der Waals surface area (Å²) in [6.07, 6.45) is 34.9. The Labute approximate surface area is 371 Å². The number of rotatable bonds is 41. The highest BCUT2D eigenvalue weighted by atomic mass is 16.7. The molecule has 11 nitrogen and oxygen atoms in total. The first kappa shape index (κ1) is 57.3. The summed E-state index contributed by atoms with van der Waals surface area (Å²) in [7, 11) is 0. The summed E-state index contributed by atoms with van der Waals surface area (Å²) in [6, 6.07) is -1.19. The van der Waals surface area contributed by atoms with Gasteiger partial charge < -0.3 is 50.5 Å². The van der Waals surface area contributed by atoms with Crippen LogP contribution in [0.4, 0.5) is 0 Å². The van der Waals surface area contributed by atoms with Crippen molar-refractivity contribution >= 4 is 5.91 Å². The number of amides is 1. The number of unbranched alkanes of at least 4 members (excludes halogenated alkanes) is 23. The summed E-state index contributed by atoms with van der Waals surface area (Å²) < 4.78 is 11.1. The average Bonchev–Trinajstić information content (AvgIpc) is 3.26. The van der Waals surface area contributed by atoms with Crippen molar-refractivity contribution < 1.29 is 50.0 Å². The van der Waals surface area contributed by atoms with Crippen LogP contribution in [0.5, 0.6) is 0 Å². The highest BCUT2D eigenvalue weighted by Crippen LogP contribution is 2.23. The van der Waals surface area contributed by atoms with E-state index in [1.165, 1.54) is 103 Å². The number of allylic oxidation sites excluding steroid dienone is 6. The maximum absolute atomic E-state index is 13.1. The predicted molar refractivity (Wildman–Crippen MR) is 247 cm³/mol. The molecule has 1 rings (SSSR count). The molecule has 1 fully saturated rings. The summed E-state index contributed by atoms with van der Waals surface area (Å²) >= 11 is 0. The van der Waals surface area contributed by atoms with Crippen LogP contribution in [-0.2, 0) is 14.3 Å². The van der Waals surface area contributed by atoms with Crippen molar-refractivity contribution in [1.29, 1.82) is 0 Å². The Morgan fingerprint density at radius 2 is 0.984 bits per heavy atom. The van der Waals surface area contributed by atoms with E-state index in [4.69, 9.17) is 9.47 Å². The fourth-order valence-electron chi connectivity index (χ4n) is 7.74. The molecular formula is C50H93NO10. The molecule has 1 aliphatic heterocycles. The molecule has 1 heterocycles. The molecule has 1 amide bonds. The van der Waals surface area contributed by atoms with Crippen LogP contribution in [0, 0.1) is 0 Å². The lowest BCUT2D eigenvalue weighted by molar-refractivity contribution is -0.303. The third-order valence-electron chi connectivity index (χ3n) is 11.9. The standard InChI is InChI=1S/C50H93NO10/c1-3-5-7-9-11-13-15-17-18-19-20-21-22-23-24-25-26-28-30-32-34-36-38-43(54)49(59)51-41(40-60-50-48(58)47(57)46(56)44(39-52)61-50)45(55)42(53)37-35-33-31-29-27-16-14-12-10-8-6-4-2/h12,14,23-24,29,31,41-48,50,52-58H,3-11,13,15-22,25-28,30,32-40H2,1-2H3,(H,51,59)/b14-12+,24-23-,31-29+. The predicted octanol–water partition coefficient (Wildman–Crippen LogP) is 8.78. The van der Waals surface area contributed by atoms with E-state index in [9.17, 15) is 40.5 Å². The van der Waals surface area contributed by atoms with Gasteiger partial charge in [0.1, 0.15) is 36.6 Å². The average molecular weight is 868 g/mol. The van der Waals surface area contributed by atoms with Crippen LogP contribution < -0.4 is 5.32 Å². The lowest BCUT2D eigenvalue weighted by atomic mass is 9.98. The van der Waals surface area contributed by atoms with Crippen LogP contribution in [-0.4, -0.2) is 110 Å². The van der Waals surface area contributed by atoms with E-state index in [2.05, 4.69) is 55.6 Å². The lowest BCUT2D eigenvalue weighted by Gasteiger charge is -2.40.